The minimum Gasteiger partial charge on any atom is -0.229 e. The van der Waals surface area contributed by atoms with Crippen LogP contribution in [0.15, 0.2) is 53.4 Å². The van der Waals surface area contributed by atoms with Crippen molar-refractivity contribution in [1.82, 2.24) is 4.31 Å². The van der Waals surface area contributed by atoms with Gasteiger partial charge in [0.15, 0.2) is 0 Å². The van der Waals surface area contributed by atoms with Gasteiger partial charge in [0.05, 0.1) is 10.1 Å². The molecule has 0 N–H and O–H groups in total. The molecule has 2 aliphatic rings. The van der Waals surface area contributed by atoms with E-state index in [2.05, 4.69) is 0 Å². The molecule has 2 unspecified atom stereocenters. The molecule has 7 heteroatoms. The first-order valence-electron chi connectivity index (χ1n) is 9.56. The second-order valence-electron chi connectivity index (χ2n) is 8.03. The smallest absolute Gasteiger partial charge is 0.229 e. The maximum atomic E-state index is 13.3. The first kappa shape index (κ1) is 19.6. The average Bonchev–Trinajstić information content (AvgIpc) is 2.93. The van der Waals surface area contributed by atoms with Gasteiger partial charge >= 0.3 is 0 Å². The predicted octanol–water partition coefficient (Wildman–Crippen LogP) is 3.39. The van der Waals surface area contributed by atoms with Crippen LogP contribution in [0.25, 0.3) is 11.1 Å². The fourth-order valence-corrected chi connectivity index (χ4v) is 7.55. The van der Waals surface area contributed by atoms with Crippen LogP contribution in [0.4, 0.5) is 0 Å². The van der Waals surface area contributed by atoms with E-state index in [1.165, 1.54) is 11.8 Å². The predicted molar refractivity (Wildman–Crippen MR) is 110 cm³/mol. The Balaban J connectivity index is 1.60. The van der Waals surface area contributed by atoms with Gasteiger partial charge in [-0.1, -0.05) is 42.0 Å². The van der Waals surface area contributed by atoms with E-state index >= 15 is 0 Å². The maximum Gasteiger partial charge on any atom is 0.243 e. The second kappa shape index (κ2) is 6.97. The Bertz CT molecular complexity index is 1060. The number of aryl methyl sites for hydroxylation is 1. The Kier molecular flexibility index (Phi) is 4.88. The largest absolute Gasteiger partial charge is 0.243 e. The van der Waals surface area contributed by atoms with E-state index in [1.807, 2.05) is 43.3 Å². The van der Waals surface area contributed by atoms with E-state index in [-0.39, 0.29) is 17.0 Å². The molecular formula is C21H25NO4S2. The van der Waals surface area contributed by atoms with Gasteiger partial charge in [-0.25, -0.2) is 16.8 Å². The highest BCUT2D eigenvalue weighted by atomic mass is 32.2. The zero-order valence-electron chi connectivity index (χ0n) is 16.1. The van der Waals surface area contributed by atoms with Gasteiger partial charge in [-0.2, -0.15) is 4.31 Å². The van der Waals surface area contributed by atoms with Crippen LogP contribution < -0.4 is 0 Å². The number of piperidine rings is 1. The van der Waals surface area contributed by atoms with Crippen LogP contribution in [0.5, 0.6) is 0 Å². The highest BCUT2D eigenvalue weighted by molar-refractivity contribution is 7.91. The van der Waals surface area contributed by atoms with E-state index in [4.69, 9.17) is 0 Å². The quantitative estimate of drug-likeness (QED) is 0.762. The van der Waals surface area contributed by atoms with Gasteiger partial charge in [0.2, 0.25) is 10.0 Å². The van der Waals surface area contributed by atoms with Crippen LogP contribution in [0, 0.1) is 6.92 Å². The van der Waals surface area contributed by atoms with Crippen molar-refractivity contribution in [2.24, 2.45) is 0 Å². The van der Waals surface area contributed by atoms with E-state index in [0.717, 1.165) is 24.0 Å². The van der Waals surface area contributed by atoms with Gasteiger partial charge in [-0.05, 0) is 55.9 Å². The first-order chi connectivity index (χ1) is 13.2. The summed E-state index contributed by atoms with van der Waals surface area (Å²) >= 11 is 0. The molecule has 150 valence electrons. The Morgan fingerprint density at radius 2 is 1.25 bits per heavy atom. The number of nitrogens with zero attached hydrogens (tertiary/aromatic N) is 1. The molecule has 0 spiro atoms. The summed E-state index contributed by atoms with van der Waals surface area (Å²) in [6.07, 6.45) is 3.52. The third-order valence-corrected chi connectivity index (χ3v) is 9.66. The van der Waals surface area contributed by atoms with Gasteiger partial charge in [-0.15, -0.1) is 0 Å². The average molecular weight is 420 g/mol. The molecule has 0 aromatic heterocycles. The zero-order valence-corrected chi connectivity index (χ0v) is 17.7. The number of sulfonamides is 1. The SMILES string of the molecule is Cc1ccc(-c2ccc(S(=O)(=O)N3C4CCC3CC(S(C)(=O)=O)C4)cc2)cc1. The molecular weight excluding hydrogens is 394 g/mol. The van der Waals surface area contributed by atoms with Crippen molar-refractivity contribution in [2.45, 2.75) is 54.8 Å². The van der Waals surface area contributed by atoms with Crippen LogP contribution in [0.1, 0.15) is 31.2 Å². The van der Waals surface area contributed by atoms with Crippen LogP contribution in [0.3, 0.4) is 0 Å². The summed E-state index contributed by atoms with van der Waals surface area (Å²) < 4.78 is 52.0. The number of hydrogen-bond acceptors (Lipinski definition) is 4. The molecule has 2 heterocycles. The van der Waals surface area contributed by atoms with Crippen LogP contribution in [-0.4, -0.2) is 44.7 Å². The maximum absolute atomic E-state index is 13.3. The fraction of sp³-hybridized carbons (Fsp3) is 0.429. The molecule has 2 aromatic carbocycles. The van der Waals surface area contributed by atoms with Crippen molar-refractivity contribution in [2.75, 3.05) is 6.26 Å². The molecule has 2 aromatic rings. The van der Waals surface area contributed by atoms with E-state index in [0.29, 0.717) is 12.8 Å². The summed E-state index contributed by atoms with van der Waals surface area (Å²) in [4.78, 5) is 0.276. The molecule has 2 atom stereocenters. The molecule has 5 nitrogen and oxygen atoms in total. The number of fused-ring (bicyclic) bond motifs is 2. The van der Waals surface area contributed by atoms with Crippen molar-refractivity contribution in [1.29, 1.82) is 0 Å². The molecule has 2 bridgehead atoms. The van der Waals surface area contributed by atoms with Gasteiger partial charge in [0.1, 0.15) is 9.84 Å². The molecule has 2 saturated heterocycles. The van der Waals surface area contributed by atoms with Gasteiger partial charge < -0.3 is 0 Å². The topological polar surface area (TPSA) is 71.5 Å². The molecule has 0 amide bonds. The zero-order chi connectivity index (χ0) is 20.1. The second-order valence-corrected chi connectivity index (χ2v) is 12.2. The molecule has 0 aliphatic carbocycles. The normalized spacial score (nSPS) is 25.7. The standard InChI is InChI=1S/C21H25NO4S2/c1-15-3-5-16(6-4-15)17-7-11-20(12-8-17)28(25,26)22-18-9-10-19(22)14-21(13-18)27(2,23)24/h3-8,11-12,18-19,21H,9-10,13-14H2,1-2H3. The van der Waals surface area contributed by atoms with Crippen molar-refractivity contribution < 1.29 is 16.8 Å². The Morgan fingerprint density at radius 1 is 0.786 bits per heavy atom. The van der Waals surface area contributed by atoms with Crippen molar-refractivity contribution in [3.63, 3.8) is 0 Å². The Labute approximate surface area is 167 Å². The van der Waals surface area contributed by atoms with Crippen LogP contribution in [-0.2, 0) is 19.9 Å². The van der Waals surface area contributed by atoms with Gasteiger partial charge in [-0.3, -0.25) is 0 Å². The summed E-state index contributed by atoms with van der Waals surface area (Å²) in [5, 5.41) is -0.430. The monoisotopic (exact) mass is 419 g/mol. The van der Waals surface area contributed by atoms with Crippen molar-refractivity contribution in [3.05, 3.63) is 54.1 Å². The molecule has 2 aliphatic heterocycles. The minimum atomic E-state index is -3.63. The van der Waals surface area contributed by atoms with Gasteiger partial charge in [0.25, 0.3) is 0 Å². The highest BCUT2D eigenvalue weighted by Crippen LogP contribution is 2.41. The minimum absolute atomic E-state index is 0.222. The first-order valence-corrected chi connectivity index (χ1v) is 13.0. The lowest BCUT2D eigenvalue weighted by atomic mass is 10.0. The van der Waals surface area contributed by atoms with E-state index < -0.39 is 25.1 Å². The molecule has 2 fully saturated rings. The summed E-state index contributed by atoms with van der Waals surface area (Å²) in [6.45, 7) is 2.03. The lowest BCUT2D eigenvalue weighted by molar-refractivity contribution is 0.249. The fourth-order valence-electron chi connectivity index (χ4n) is 4.51. The summed E-state index contributed by atoms with van der Waals surface area (Å²) in [7, 11) is -6.78. The number of hydrogen-bond donors (Lipinski definition) is 0. The summed E-state index contributed by atoms with van der Waals surface area (Å²) in [5.41, 5.74) is 3.19. The van der Waals surface area contributed by atoms with Crippen molar-refractivity contribution in [3.8, 4) is 11.1 Å². The summed E-state index contributed by atoms with van der Waals surface area (Å²) in [6, 6.07) is 14.7. The molecule has 0 radical (unpaired) electrons. The van der Waals surface area contributed by atoms with Gasteiger partial charge in [0, 0.05) is 18.3 Å². The number of rotatable bonds is 4. The lowest BCUT2D eigenvalue weighted by Crippen LogP contribution is -2.49. The van der Waals surface area contributed by atoms with Crippen LogP contribution >= 0.6 is 0 Å². The number of benzene rings is 2. The molecule has 0 saturated carbocycles. The molecule has 28 heavy (non-hydrogen) atoms. The lowest BCUT2D eigenvalue weighted by Gasteiger charge is -2.37. The third kappa shape index (κ3) is 3.51. The Hall–Kier alpha value is -1.70. The van der Waals surface area contributed by atoms with E-state index in [9.17, 15) is 16.8 Å². The summed E-state index contributed by atoms with van der Waals surface area (Å²) in [5.74, 6) is 0. The van der Waals surface area contributed by atoms with Crippen LogP contribution in [0.2, 0.25) is 0 Å². The third-order valence-electron chi connectivity index (χ3n) is 6.04. The van der Waals surface area contributed by atoms with Crippen molar-refractivity contribution >= 4 is 19.9 Å². The van der Waals surface area contributed by atoms with E-state index in [1.54, 1.807) is 16.4 Å². The molecule has 4 rings (SSSR count). The highest BCUT2D eigenvalue weighted by Gasteiger charge is 2.49. The Morgan fingerprint density at radius 3 is 1.71 bits per heavy atom. The number of sulfone groups is 1.